The normalized spacial score (nSPS) is 14.4. The summed E-state index contributed by atoms with van der Waals surface area (Å²) in [6.45, 7) is 0.0111. The molecule has 1 fully saturated rings. The highest BCUT2D eigenvalue weighted by atomic mass is 16.3. The van der Waals surface area contributed by atoms with Gasteiger partial charge < -0.3 is 10.4 Å². The maximum atomic E-state index is 12.7. The van der Waals surface area contributed by atoms with E-state index >= 15 is 0 Å². The Morgan fingerprint density at radius 1 is 0.968 bits per heavy atom. The summed E-state index contributed by atoms with van der Waals surface area (Å²) in [5.41, 5.74) is 4.41. The topological polar surface area (TPSA) is 75.1 Å². The largest absolute Gasteiger partial charge is 0.392 e. The minimum absolute atomic E-state index is 0.0111. The van der Waals surface area contributed by atoms with Crippen molar-refractivity contribution < 1.29 is 9.90 Å². The summed E-state index contributed by atoms with van der Waals surface area (Å²) >= 11 is 0. The molecule has 4 rings (SSSR count). The Kier molecular flexibility index (Phi) is 7.05. The number of rotatable bonds is 7. The number of nitrogens with zero attached hydrogens (tertiary/aromatic N) is 2. The Hall–Kier alpha value is -3.05. The van der Waals surface area contributed by atoms with Gasteiger partial charge in [-0.15, -0.1) is 0 Å². The van der Waals surface area contributed by atoms with Gasteiger partial charge in [0.05, 0.1) is 24.2 Å². The molecular formula is C26H29N3O2. The van der Waals surface area contributed by atoms with Gasteiger partial charge in [-0.05, 0) is 29.9 Å². The minimum atomic E-state index is 0.0111. The lowest BCUT2D eigenvalue weighted by molar-refractivity contribution is -0.117. The maximum Gasteiger partial charge on any atom is 0.225 e. The first-order valence-corrected chi connectivity index (χ1v) is 11.1. The summed E-state index contributed by atoms with van der Waals surface area (Å²) in [4.78, 5) is 22.1. The predicted molar refractivity (Wildman–Crippen MR) is 122 cm³/mol. The SMILES string of the molecule is O=C(CC1CCCCC1)Nc1ncc(-c2ccc(CO)cc2)nc1Cc1ccccc1. The summed E-state index contributed by atoms with van der Waals surface area (Å²) in [6.07, 6.45) is 8.86. The summed E-state index contributed by atoms with van der Waals surface area (Å²) in [5, 5.41) is 12.3. The Bertz CT molecular complexity index is 997. The van der Waals surface area contributed by atoms with Gasteiger partial charge in [0.1, 0.15) is 0 Å². The zero-order valence-corrected chi connectivity index (χ0v) is 17.8. The van der Waals surface area contributed by atoms with E-state index in [4.69, 9.17) is 4.98 Å². The van der Waals surface area contributed by atoms with Gasteiger partial charge in [0, 0.05) is 18.4 Å². The zero-order chi connectivity index (χ0) is 21.5. The van der Waals surface area contributed by atoms with Crippen LogP contribution < -0.4 is 5.32 Å². The van der Waals surface area contributed by atoms with Crippen LogP contribution in [0.4, 0.5) is 5.82 Å². The van der Waals surface area contributed by atoms with E-state index in [0.29, 0.717) is 24.6 Å². The fourth-order valence-electron chi connectivity index (χ4n) is 4.20. The van der Waals surface area contributed by atoms with Crippen LogP contribution in [0.5, 0.6) is 0 Å². The van der Waals surface area contributed by atoms with E-state index in [1.165, 1.54) is 19.3 Å². The molecule has 1 amide bonds. The van der Waals surface area contributed by atoms with Crippen molar-refractivity contribution in [2.75, 3.05) is 5.32 Å². The molecule has 2 N–H and O–H groups in total. The molecule has 1 heterocycles. The molecular weight excluding hydrogens is 386 g/mol. The van der Waals surface area contributed by atoms with Crippen LogP contribution in [0.3, 0.4) is 0 Å². The van der Waals surface area contributed by atoms with Crippen LogP contribution >= 0.6 is 0 Å². The monoisotopic (exact) mass is 415 g/mol. The average molecular weight is 416 g/mol. The molecule has 0 bridgehead atoms. The van der Waals surface area contributed by atoms with E-state index in [2.05, 4.69) is 22.4 Å². The highest BCUT2D eigenvalue weighted by Crippen LogP contribution is 2.27. The molecule has 0 unspecified atom stereocenters. The Labute approximate surface area is 183 Å². The minimum Gasteiger partial charge on any atom is -0.392 e. The van der Waals surface area contributed by atoms with E-state index in [-0.39, 0.29) is 12.5 Å². The molecule has 2 aromatic carbocycles. The summed E-state index contributed by atoms with van der Waals surface area (Å²) < 4.78 is 0. The van der Waals surface area contributed by atoms with Crippen molar-refractivity contribution in [2.45, 2.75) is 51.6 Å². The highest BCUT2D eigenvalue weighted by molar-refractivity contribution is 5.90. The summed E-state index contributed by atoms with van der Waals surface area (Å²) in [6, 6.07) is 17.7. The second kappa shape index (κ2) is 10.3. The van der Waals surface area contributed by atoms with Crippen LogP contribution in [0.25, 0.3) is 11.3 Å². The van der Waals surface area contributed by atoms with Gasteiger partial charge in [-0.25, -0.2) is 9.97 Å². The molecule has 0 aliphatic heterocycles. The van der Waals surface area contributed by atoms with Gasteiger partial charge >= 0.3 is 0 Å². The number of aliphatic hydroxyl groups is 1. The average Bonchev–Trinajstić information content (AvgIpc) is 2.81. The zero-order valence-electron chi connectivity index (χ0n) is 17.8. The molecule has 5 heteroatoms. The van der Waals surface area contributed by atoms with Gasteiger partial charge in [-0.3, -0.25) is 4.79 Å². The molecule has 1 aliphatic rings. The van der Waals surface area contributed by atoms with Crippen LogP contribution in [0.1, 0.15) is 55.3 Å². The van der Waals surface area contributed by atoms with E-state index in [1.807, 2.05) is 42.5 Å². The first-order chi connectivity index (χ1) is 15.2. The number of anilines is 1. The molecule has 160 valence electrons. The molecule has 0 atom stereocenters. The van der Waals surface area contributed by atoms with Gasteiger partial charge in [0.2, 0.25) is 5.91 Å². The number of amides is 1. The smallest absolute Gasteiger partial charge is 0.225 e. The number of hydrogen-bond acceptors (Lipinski definition) is 4. The lowest BCUT2D eigenvalue weighted by Crippen LogP contribution is -2.20. The Morgan fingerprint density at radius 3 is 2.42 bits per heavy atom. The van der Waals surface area contributed by atoms with Crippen LogP contribution in [-0.4, -0.2) is 21.0 Å². The Morgan fingerprint density at radius 2 is 1.71 bits per heavy atom. The van der Waals surface area contributed by atoms with E-state index in [1.54, 1.807) is 6.20 Å². The van der Waals surface area contributed by atoms with Crippen molar-refractivity contribution in [1.29, 1.82) is 0 Å². The molecule has 5 nitrogen and oxygen atoms in total. The molecule has 1 aromatic heterocycles. The molecule has 31 heavy (non-hydrogen) atoms. The number of carbonyl (C=O) groups excluding carboxylic acids is 1. The molecule has 0 spiro atoms. The van der Waals surface area contributed by atoms with Crippen molar-refractivity contribution in [2.24, 2.45) is 5.92 Å². The third-order valence-electron chi connectivity index (χ3n) is 5.95. The quantitative estimate of drug-likeness (QED) is 0.561. The number of carbonyl (C=O) groups is 1. The van der Waals surface area contributed by atoms with Gasteiger partial charge in [-0.1, -0.05) is 73.9 Å². The summed E-state index contributed by atoms with van der Waals surface area (Å²) in [7, 11) is 0. The van der Waals surface area contributed by atoms with Gasteiger partial charge in [-0.2, -0.15) is 0 Å². The van der Waals surface area contributed by atoms with Crippen molar-refractivity contribution in [1.82, 2.24) is 9.97 Å². The van der Waals surface area contributed by atoms with E-state index in [9.17, 15) is 9.90 Å². The number of nitrogens with one attached hydrogen (secondary N) is 1. The number of benzene rings is 2. The molecule has 0 saturated heterocycles. The lowest BCUT2D eigenvalue weighted by Gasteiger charge is -2.21. The van der Waals surface area contributed by atoms with Crippen LogP contribution in [0.15, 0.2) is 60.8 Å². The molecule has 1 saturated carbocycles. The predicted octanol–water partition coefficient (Wildman–Crippen LogP) is 5.14. The van der Waals surface area contributed by atoms with Gasteiger partial charge in [0.25, 0.3) is 0 Å². The molecule has 3 aromatic rings. The number of aliphatic hydroxyl groups excluding tert-OH is 1. The Balaban J connectivity index is 1.57. The van der Waals surface area contributed by atoms with Crippen molar-refractivity contribution in [3.63, 3.8) is 0 Å². The fourth-order valence-corrected chi connectivity index (χ4v) is 4.20. The van der Waals surface area contributed by atoms with Crippen LogP contribution in [-0.2, 0) is 17.8 Å². The van der Waals surface area contributed by atoms with Gasteiger partial charge in [0.15, 0.2) is 5.82 Å². The standard InChI is InChI=1S/C26H29N3O2/c30-18-21-11-13-22(14-12-21)24-17-27-26(23(28-24)15-19-7-3-1-4-8-19)29-25(31)16-20-9-5-2-6-10-20/h1,3-4,7-8,11-14,17,20,30H,2,5-6,9-10,15-16,18H2,(H,27,29,31). The first-order valence-electron chi connectivity index (χ1n) is 11.1. The van der Waals surface area contributed by atoms with E-state index < -0.39 is 0 Å². The van der Waals surface area contributed by atoms with Crippen molar-refractivity contribution in [3.8, 4) is 11.3 Å². The second-order valence-electron chi connectivity index (χ2n) is 8.32. The fraction of sp³-hybridized carbons (Fsp3) is 0.346. The van der Waals surface area contributed by atoms with Crippen molar-refractivity contribution >= 4 is 11.7 Å². The van der Waals surface area contributed by atoms with Crippen LogP contribution in [0.2, 0.25) is 0 Å². The second-order valence-corrected chi connectivity index (χ2v) is 8.32. The number of aromatic nitrogens is 2. The molecule has 0 radical (unpaired) electrons. The van der Waals surface area contributed by atoms with E-state index in [0.717, 1.165) is 40.9 Å². The highest BCUT2D eigenvalue weighted by Gasteiger charge is 2.19. The summed E-state index contributed by atoms with van der Waals surface area (Å²) in [5.74, 6) is 1.04. The third-order valence-corrected chi connectivity index (χ3v) is 5.95. The number of hydrogen-bond donors (Lipinski definition) is 2. The first kappa shape index (κ1) is 21.2. The lowest BCUT2D eigenvalue weighted by atomic mass is 9.87. The third kappa shape index (κ3) is 5.76. The van der Waals surface area contributed by atoms with Crippen molar-refractivity contribution in [3.05, 3.63) is 77.6 Å². The molecule has 1 aliphatic carbocycles. The maximum absolute atomic E-state index is 12.7. The van der Waals surface area contributed by atoms with Crippen LogP contribution in [0, 0.1) is 5.92 Å².